The third kappa shape index (κ3) is 21.4. The summed E-state index contributed by atoms with van der Waals surface area (Å²) in [6.45, 7) is 9.33. The Morgan fingerprint density at radius 2 is 0.670 bits per heavy atom. The number of hydrogen-bond acceptors (Lipinski definition) is 26. The molecular formula is C64H88N27O8S4+3. The van der Waals surface area contributed by atoms with Crippen molar-refractivity contribution in [1.82, 2.24) is 43.5 Å². The van der Waals surface area contributed by atoms with Crippen molar-refractivity contribution in [3.05, 3.63) is 117 Å². The van der Waals surface area contributed by atoms with Gasteiger partial charge in [0.05, 0.1) is 44.4 Å². The average molecular weight is 1490 g/mol. The van der Waals surface area contributed by atoms with Crippen LogP contribution in [0.2, 0.25) is 0 Å². The van der Waals surface area contributed by atoms with E-state index < -0.39 is 0 Å². The van der Waals surface area contributed by atoms with Crippen molar-refractivity contribution in [1.29, 1.82) is 0 Å². The topological polar surface area (TPSA) is 533 Å². The highest BCUT2D eigenvalue weighted by Crippen LogP contribution is 2.49. The van der Waals surface area contributed by atoms with Crippen molar-refractivity contribution in [2.75, 3.05) is 107 Å². The number of nitrogens with two attached hydrogens (primary N) is 11. The number of aromatic nitrogens is 8. The Hall–Kier alpha value is -10.8. The second kappa shape index (κ2) is 38.3. The van der Waals surface area contributed by atoms with Gasteiger partial charge in [-0.05, 0) is 136 Å². The molecule has 0 bridgehead atoms. The second-order valence-electron chi connectivity index (χ2n) is 22.5. The Bertz CT molecular complexity index is 4560. The summed E-state index contributed by atoms with van der Waals surface area (Å²) in [5.74, 6) is 10.5. The van der Waals surface area contributed by atoms with E-state index in [1.165, 1.54) is 0 Å². The number of para-hydroxylation sites is 4. The van der Waals surface area contributed by atoms with E-state index in [-0.39, 0.29) is 17.9 Å². The van der Waals surface area contributed by atoms with E-state index in [1.54, 1.807) is 0 Å². The molecular weight excluding hydrogens is 1400 g/mol. The number of rotatable bonds is 29. The molecule has 548 valence electrons. The smallest absolute Gasteiger partial charge is 0.338 e. The van der Waals surface area contributed by atoms with E-state index in [1.807, 2.05) is 116 Å². The zero-order valence-corrected chi connectivity index (χ0v) is 59.7. The van der Waals surface area contributed by atoms with E-state index in [0.717, 1.165) is 37.1 Å². The number of anilines is 8. The minimum atomic E-state index is 0.157. The van der Waals surface area contributed by atoms with Gasteiger partial charge in [-0.3, -0.25) is 49.4 Å². The lowest BCUT2D eigenvalue weighted by Gasteiger charge is -2.23. The molecule has 0 saturated heterocycles. The van der Waals surface area contributed by atoms with E-state index in [4.69, 9.17) is 150 Å². The average Bonchev–Trinajstić information content (AvgIpc) is 0.801. The van der Waals surface area contributed by atoms with Crippen molar-refractivity contribution in [2.45, 2.75) is 51.9 Å². The van der Waals surface area contributed by atoms with Gasteiger partial charge in [0.1, 0.15) is 72.2 Å². The molecule has 4 aromatic carbocycles. The first-order chi connectivity index (χ1) is 50.0. The molecule has 0 amide bonds. The minimum absolute atomic E-state index is 0.157. The number of fused-ring (bicyclic) bond motifs is 8. The number of ether oxygens (including phenoxy) is 8. The van der Waals surface area contributed by atoms with Crippen LogP contribution in [0, 0.1) is 19.1 Å². The van der Waals surface area contributed by atoms with Crippen LogP contribution in [0.1, 0.15) is 25.7 Å². The molecule has 12 rings (SSSR count). The maximum atomic E-state index is 6.02. The normalized spacial score (nSPS) is 11.7. The van der Waals surface area contributed by atoms with E-state index in [9.17, 15) is 0 Å². The van der Waals surface area contributed by atoms with Crippen LogP contribution in [0.15, 0.2) is 97.6 Å². The maximum absolute atomic E-state index is 6.02. The van der Waals surface area contributed by atoms with Crippen molar-refractivity contribution in [2.24, 2.45) is 63.1 Å². The molecule has 8 heterocycles. The first-order valence-electron chi connectivity index (χ1n) is 32.8. The maximum Gasteiger partial charge on any atom is 0.338 e. The predicted octanol–water partition coefficient (Wildman–Crippen LogP) is 0.326. The summed E-state index contributed by atoms with van der Waals surface area (Å²) >= 11 is 21.4. The molecule has 0 aliphatic carbocycles. The van der Waals surface area contributed by atoms with Crippen LogP contribution in [0.25, 0.3) is 0 Å². The Morgan fingerprint density at radius 1 is 0.379 bits per heavy atom. The van der Waals surface area contributed by atoms with Gasteiger partial charge in [-0.15, -0.1) is 0 Å². The summed E-state index contributed by atoms with van der Waals surface area (Å²) in [6, 6.07) is 22.3. The summed E-state index contributed by atoms with van der Waals surface area (Å²) in [5, 5.41) is 16.0. The molecule has 0 fully saturated rings. The quantitative estimate of drug-likeness (QED) is 0.00987. The highest BCUT2D eigenvalue weighted by Gasteiger charge is 2.27. The van der Waals surface area contributed by atoms with Gasteiger partial charge in [-0.25, -0.2) is 0 Å². The van der Waals surface area contributed by atoms with Crippen LogP contribution in [-0.4, -0.2) is 142 Å². The third-order valence-electron chi connectivity index (χ3n) is 14.8. The number of benzene rings is 4. The van der Waals surface area contributed by atoms with Gasteiger partial charge < -0.3 is 111 Å². The fourth-order valence-electron chi connectivity index (χ4n) is 10.0. The molecule has 103 heavy (non-hydrogen) atoms. The van der Waals surface area contributed by atoms with Crippen molar-refractivity contribution in [3.8, 4) is 69.0 Å². The summed E-state index contributed by atoms with van der Waals surface area (Å²) in [6.07, 6.45) is 10.6. The molecule has 4 aliphatic heterocycles. The molecule has 4 aromatic heterocycles. The van der Waals surface area contributed by atoms with E-state index in [2.05, 4.69) is 61.5 Å². The largest absolute Gasteiger partial charge is 0.490 e. The van der Waals surface area contributed by atoms with Gasteiger partial charge >= 0.3 is 17.9 Å². The van der Waals surface area contributed by atoms with Gasteiger partial charge in [0.15, 0.2) is 69.3 Å². The number of aryl methyl sites for hydroxylation is 4. The third-order valence-corrected chi connectivity index (χ3v) is 16.1. The Kier molecular flexibility index (Phi) is 28.4. The molecule has 35 nitrogen and oxygen atoms in total. The Balaban J connectivity index is 0.000000160. The highest BCUT2D eigenvalue weighted by molar-refractivity contribution is 7.71. The lowest BCUT2D eigenvalue weighted by atomic mass is 10.2. The molecule has 4 aliphatic rings. The van der Waals surface area contributed by atoms with Gasteiger partial charge in [0.2, 0.25) is 19.1 Å². The van der Waals surface area contributed by atoms with E-state index >= 15 is 0 Å². The first-order valence-corrected chi connectivity index (χ1v) is 34.5. The highest BCUT2D eigenvalue weighted by atomic mass is 32.1. The number of guanidine groups is 3. The number of nitrogens with one attached hydrogen (secondary N) is 8. The Morgan fingerprint density at radius 3 is 0.961 bits per heavy atom. The number of hydrogen-bond donors (Lipinski definition) is 19. The van der Waals surface area contributed by atoms with Crippen LogP contribution >= 0.6 is 48.9 Å². The SMILES string of the molecule is NCCCn1cc2c(nc1=S)Nc1c(OCCN)cccc1O2.NCCCn1cc2c(nc1=S)Nc1c(OCC[NH+]=C(N)N)cccc1O2.NCCOc1cccc2c1Nc1nc(=S)n(CCC[NH+]=C(N)N)cc1O2.NCNCCOc1cccc2c1Nc1nc(=S)n(CCC[NH+]=C(N)N)cc1O2. The monoisotopic (exact) mass is 1490 g/mol. The minimum Gasteiger partial charge on any atom is -0.490 e. The molecule has 0 spiro atoms. The second-order valence-corrected chi connectivity index (χ2v) is 23.9. The standard InChI is InChI=1S/C17H24N8O2S.2C16H21N7O2S.C15H19N5O2S/c18-10-21-6-8-26-11-3-1-4-12-14(11)23-15-13(27-12)9-25(17(28)24-15)7-2-5-22-16(19)20;17-5-8-24-10-3-1-4-11-13(10)21-14-12(25-11)9-23(16(26)22-14)7-2-6-20-15(18)19;17-5-2-7-23-9-12-14(22-16(23)26)21-13-10(3-1-4-11(13)25-12)24-8-6-20-15(18)19;16-5-2-7-20-9-12-14(19-15(20)23)18-13-10(21-8-6-17)3-1-4-11(13)22-12/h1,3-4,9,21H,2,5-8,10,18H2,(H4,19,20,22)(H,23,24,28);2*1,3-4,9H,2,5-8,17H2,(H4,18,19,20)(H,21,22,26);1,3-4,9H,2,5-8,16-17H2,(H,18,19,23)/p+3. The molecule has 8 aromatic rings. The van der Waals surface area contributed by atoms with Crippen molar-refractivity contribution in [3.63, 3.8) is 0 Å². The van der Waals surface area contributed by atoms with Crippen molar-refractivity contribution >= 4 is 113 Å². The summed E-state index contributed by atoms with van der Waals surface area (Å²) in [5.41, 5.74) is 62.7. The van der Waals surface area contributed by atoms with Gasteiger partial charge in [0.25, 0.3) is 0 Å². The van der Waals surface area contributed by atoms with Crippen LogP contribution in [-0.2, 0) is 26.2 Å². The Labute approximate surface area is 613 Å². The number of nitrogens with zero attached hydrogens (tertiary/aromatic N) is 8. The predicted molar refractivity (Wildman–Crippen MR) is 403 cm³/mol. The zero-order chi connectivity index (χ0) is 73.2. The van der Waals surface area contributed by atoms with Crippen LogP contribution in [0.5, 0.6) is 69.0 Å². The first kappa shape index (κ1) is 76.4. The lowest BCUT2D eigenvalue weighted by molar-refractivity contribution is -0.461. The van der Waals surface area contributed by atoms with Gasteiger partial charge in [-0.1, -0.05) is 24.3 Å². The van der Waals surface area contributed by atoms with E-state index in [0.29, 0.717) is 234 Å². The van der Waals surface area contributed by atoms with Crippen LogP contribution in [0.4, 0.5) is 46.0 Å². The van der Waals surface area contributed by atoms with Crippen LogP contribution in [0.3, 0.4) is 0 Å². The van der Waals surface area contributed by atoms with Crippen LogP contribution < -0.4 is 143 Å². The molecule has 39 heteroatoms. The summed E-state index contributed by atoms with van der Waals surface area (Å²) in [7, 11) is 0. The van der Waals surface area contributed by atoms with Gasteiger partial charge in [-0.2, -0.15) is 19.9 Å². The summed E-state index contributed by atoms with van der Waals surface area (Å²) in [4.78, 5) is 26.3. The molecule has 30 N–H and O–H groups in total. The van der Waals surface area contributed by atoms with Gasteiger partial charge in [0, 0.05) is 52.5 Å². The summed E-state index contributed by atoms with van der Waals surface area (Å²) < 4.78 is 56.1. The zero-order valence-electron chi connectivity index (χ0n) is 56.4. The van der Waals surface area contributed by atoms with Crippen molar-refractivity contribution < 1.29 is 52.9 Å². The fraction of sp³-hybridized carbons (Fsp3) is 0.328. The fourth-order valence-corrected chi connectivity index (χ4v) is 11.0. The molecule has 0 unspecified atom stereocenters. The molecule has 0 radical (unpaired) electrons. The lowest BCUT2D eigenvalue weighted by Crippen LogP contribution is -2.79. The molecule has 0 saturated carbocycles. The molecule has 0 atom stereocenters.